The van der Waals surface area contributed by atoms with Crippen molar-refractivity contribution in [2.24, 2.45) is 4.99 Å². The molecule has 0 aromatic heterocycles. The van der Waals surface area contributed by atoms with E-state index in [1.54, 1.807) is 7.05 Å². The molecule has 0 unspecified atom stereocenters. The molecule has 0 spiro atoms. The van der Waals surface area contributed by atoms with Gasteiger partial charge in [-0.2, -0.15) is 0 Å². The van der Waals surface area contributed by atoms with Crippen molar-refractivity contribution in [2.45, 2.75) is 46.2 Å². The standard InChI is InChI=1S/C16H36N4O3S/c1-14(2)20(15(3)4)10-7-8-18-16(17-5)19-9-11-23-12-13-24(6,21)22/h14-15H,7-13H2,1-6H3,(H2,17,18,19). The summed E-state index contributed by atoms with van der Waals surface area (Å²) in [5.74, 6) is 0.796. The zero-order valence-corrected chi connectivity index (χ0v) is 16.9. The smallest absolute Gasteiger partial charge is 0.191 e. The van der Waals surface area contributed by atoms with Gasteiger partial charge in [0, 0.05) is 45.0 Å². The van der Waals surface area contributed by atoms with Gasteiger partial charge < -0.3 is 15.4 Å². The number of sulfone groups is 1. The summed E-state index contributed by atoms with van der Waals surface area (Å²) in [6.07, 6.45) is 2.25. The normalized spacial score (nSPS) is 13.1. The number of hydrogen-bond donors (Lipinski definition) is 2. The van der Waals surface area contributed by atoms with Crippen molar-refractivity contribution in [1.82, 2.24) is 15.5 Å². The maximum Gasteiger partial charge on any atom is 0.191 e. The first-order valence-electron chi connectivity index (χ1n) is 8.63. The molecule has 0 aliphatic heterocycles. The Balaban J connectivity index is 3.81. The predicted molar refractivity (Wildman–Crippen MR) is 101 cm³/mol. The van der Waals surface area contributed by atoms with Gasteiger partial charge in [0.25, 0.3) is 0 Å². The van der Waals surface area contributed by atoms with E-state index >= 15 is 0 Å². The molecule has 7 nitrogen and oxygen atoms in total. The average molecular weight is 365 g/mol. The van der Waals surface area contributed by atoms with E-state index in [-0.39, 0.29) is 12.4 Å². The van der Waals surface area contributed by atoms with Crippen LogP contribution >= 0.6 is 0 Å². The van der Waals surface area contributed by atoms with Crippen LogP contribution in [0.1, 0.15) is 34.1 Å². The van der Waals surface area contributed by atoms with Crippen LogP contribution in [0.2, 0.25) is 0 Å². The maximum absolute atomic E-state index is 11.0. The zero-order valence-electron chi connectivity index (χ0n) is 16.1. The maximum atomic E-state index is 11.0. The zero-order chi connectivity index (χ0) is 18.6. The number of aliphatic imine (C=N–C) groups is 1. The number of ether oxygens (including phenoxy) is 1. The van der Waals surface area contributed by atoms with E-state index in [1.807, 2.05) is 0 Å². The van der Waals surface area contributed by atoms with Gasteiger partial charge in [-0.25, -0.2) is 8.42 Å². The summed E-state index contributed by atoms with van der Waals surface area (Å²) >= 11 is 0. The minimum absolute atomic E-state index is 0.0577. The average Bonchev–Trinajstić information content (AvgIpc) is 2.46. The van der Waals surface area contributed by atoms with Gasteiger partial charge in [-0.15, -0.1) is 0 Å². The second-order valence-electron chi connectivity index (χ2n) is 6.45. The van der Waals surface area contributed by atoms with E-state index in [0.717, 1.165) is 25.5 Å². The van der Waals surface area contributed by atoms with E-state index in [0.29, 0.717) is 25.2 Å². The Hall–Kier alpha value is -0.860. The third-order valence-electron chi connectivity index (χ3n) is 3.57. The largest absolute Gasteiger partial charge is 0.379 e. The summed E-state index contributed by atoms with van der Waals surface area (Å²) in [5, 5.41) is 6.43. The van der Waals surface area contributed by atoms with Crippen molar-refractivity contribution < 1.29 is 13.2 Å². The fourth-order valence-electron chi connectivity index (χ4n) is 2.36. The number of nitrogens with one attached hydrogen (secondary N) is 2. The minimum Gasteiger partial charge on any atom is -0.379 e. The molecular weight excluding hydrogens is 328 g/mol. The molecule has 0 aliphatic carbocycles. The van der Waals surface area contributed by atoms with Crippen LogP contribution in [-0.4, -0.2) is 83.3 Å². The first kappa shape index (κ1) is 23.1. The van der Waals surface area contributed by atoms with Gasteiger partial charge >= 0.3 is 0 Å². The third-order valence-corrected chi connectivity index (χ3v) is 4.48. The summed E-state index contributed by atoms with van der Waals surface area (Å²) in [6, 6.07) is 1.10. The van der Waals surface area contributed by atoms with E-state index < -0.39 is 9.84 Å². The van der Waals surface area contributed by atoms with Gasteiger partial charge in [0.05, 0.1) is 19.0 Å². The molecule has 144 valence electrons. The molecule has 0 aromatic rings. The molecule has 0 amide bonds. The molecule has 2 N–H and O–H groups in total. The first-order valence-corrected chi connectivity index (χ1v) is 10.7. The van der Waals surface area contributed by atoms with Crippen LogP contribution in [-0.2, 0) is 14.6 Å². The Bertz CT molecular complexity index is 442. The molecule has 0 saturated heterocycles. The Morgan fingerprint density at radius 1 is 1.08 bits per heavy atom. The van der Waals surface area contributed by atoms with E-state index in [2.05, 4.69) is 48.2 Å². The Morgan fingerprint density at radius 2 is 1.67 bits per heavy atom. The number of hydrogen-bond acceptors (Lipinski definition) is 5. The Morgan fingerprint density at radius 3 is 2.17 bits per heavy atom. The van der Waals surface area contributed by atoms with Crippen molar-refractivity contribution in [1.29, 1.82) is 0 Å². The lowest BCUT2D eigenvalue weighted by Gasteiger charge is -2.30. The fourth-order valence-corrected chi connectivity index (χ4v) is 2.78. The number of guanidine groups is 1. The van der Waals surface area contributed by atoms with Crippen LogP contribution in [0, 0.1) is 0 Å². The highest BCUT2D eigenvalue weighted by Crippen LogP contribution is 2.05. The van der Waals surface area contributed by atoms with Crippen LogP contribution in [0.15, 0.2) is 4.99 Å². The SMILES string of the molecule is CN=C(NCCCN(C(C)C)C(C)C)NCCOCCS(C)(=O)=O. The summed E-state index contributed by atoms with van der Waals surface area (Å²) < 4.78 is 27.2. The molecule has 0 atom stereocenters. The molecule has 0 rings (SSSR count). The summed E-state index contributed by atoms with van der Waals surface area (Å²) in [7, 11) is -1.22. The Kier molecular flexibility index (Phi) is 12.0. The highest BCUT2D eigenvalue weighted by Gasteiger charge is 2.12. The van der Waals surface area contributed by atoms with Crippen LogP contribution < -0.4 is 10.6 Å². The van der Waals surface area contributed by atoms with Crippen molar-refractivity contribution in [3.05, 3.63) is 0 Å². The molecule has 0 aromatic carbocycles. The second-order valence-corrected chi connectivity index (χ2v) is 8.71. The third kappa shape index (κ3) is 12.5. The van der Waals surface area contributed by atoms with Crippen LogP contribution in [0.4, 0.5) is 0 Å². The quantitative estimate of drug-likeness (QED) is 0.302. The second kappa shape index (κ2) is 12.5. The van der Waals surface area contributed by atoms with E-state index in [1.165, 1.54) is 6.26 Å². The molecular formula is C16H36N4O3S. The van der Waals surface area contributed by atoms with Crippen molar-refractivity contribution >= 4 is 15.8 Å². The topological polar surface area (TPSA) is 83.0 Å². The highest BCUT2D eigenvalue weighted by molar-refractivity contribution is 7.90. The lowest BCUT2D eigenvalue weighted by Crippen LogP contribution is -2.42. The lowest BCUT2D eigenvalue weighted by molar-refractivity contribution is 0.154. The Labute approximate surface area is 148 Å². The van der Waals surface area contributed by atoms with Crippen molar-refractivity contribution in [3.63, 3.8) is 0 Å². The van der Waals surface area contributed by atoms with E-state index in [9.17, 15) is 8.42 Å². The lowest BCUT2D eigenvalue weighted by atomic mass is 10.2. The van der Waals surface area contributed by atoms with Crippen LogP contribution in [0.5, 0.6) is 0 Å². The first-order chi connectivity index (χ1) is 11.2. The van der Waals surface area contributed by atoms with E-state index in [4.69, 9.17) is 4.74 Å². The van der Waals surface area contributed by atoms with Gasteiger partial charge in [0.2, 0.25) is 0 Å². The fraction of sp³-hybridized carbons (Fsp3) is 0.938. The molecule has 8 heteroatoms. The van der Waals surface area contributed by atoms with Crippen molar-refractivity contribution in [3.8, 4) is 0 Å². The van der Waals surface area contributed by atoms with Gasteiger partial charge in [-0.1, -0.05) is 0 Å². The summed E-state index contributed by atoms with van der Waals surface area (Å²) in [4.78, 5) is 6.63. The van der Waals surface area contributed by atoms with Crippen LogP contribution in [0.25, 0.3) is 0 Å². The van der Waals surface area contributed by atoms with Crippen LogP contribution in [0.3, 0.4) is 0 Å². The molecule has 0 aliphatic rings. The molecule has 0 fully saturated rings. The number of nitrogens with zero attached hydrogens (tertiary/aromatic N) is 2. The van der Waals surface area contributed by atoms with Gasteiger partial charge in [-0.05, 0) is 34.1 Å². The molecule has 0 saturated carbocycles. The van der Waals surface area contributed by atoms with Gasteiger partial charge in [0.15, 0.2) is 5.96 Å². The summed E-state index contributed by atoms with van der Waals surface area (Å²) in [5.41, 5.74) is 0. The molecule has 24 heavy (non-hydrogen) atoms. The minimum atomic E-state index is -2.95. The molecule has 0 bridgehead atoms. The summed E-state index contributed by atoms with van der Waals surface area (Å²) in [6.45, 7) is 12.0. The highest BCUT2D eigenvalue weighted by atomic mass is 32.2. The number of rotatable bonds is 12. The van der Waals surface area contributed by atoms with Crippen molar-refractivity contribution in [2.75, 3.05) is 51.9 Å². The van der Waals surface area contributed by atoms with Gasteiger partial charge in [0.1, 0.15) is 9.84 Å². The van der Waals surface area contributed by atoms with Gasteiger partial charge in [-0.3, -0.25) is 9.89 Å². The monoisotopic (exact) mass is 364 g/mol. The predicted octanol–water partition coefficient (Wildman–Crippen LogP) is 0.722. The molecule has 0 heterocycles. The molecule has 0 radical (unpaired) electrons.